The van der Waals surface area contributed by atoms with Crippen LogP contribution >= 0.6 is 29.4 Å². The number of halogens is 8. The minimum Gasteiger partial charge on any atom is -1.00 e. The maximum absolute atomic E-state index is 11.9. The molecule has 0 aliphatic heterocycles. The van der Waals surface area contributed by atoms with Crippen molar-refractivity contribution in [3.05, 3.63) is 71.8 Å². The molecule has 0 N–H and O–H groups in total. The zero-order chi connectivity index (χ0) is 12.0. The Morgan fingerprint density at radius 3 is 1.09 bits per heavy atom. The maximum Gasteiger partial charge on any atom is 2.00 e. The van der Waals surface area contributed by atoms with Gasteiger partial charge in [0.05, 0.1) is 0 Å². The van der Waals surface area contributed by atoms with Gasteiger partial charge in [-0.15, -0.1) is 53.7 Å². The molecule has 116 valence electrons. The van der Waals surface area contributed by atoms with E-state index in [9.17, 15) is 17.6 Å². The van der Waals surface area contributed by atoms with Crippen LogP contribution < -0.4 is 9.41 Å². The van der Waals surface area contributed by atoms with E-state index in [0.717, 1.165) is 12.1 Å². The fraction of sp³-hybridized carbons (Fsp3) is 0. The first-order chi connectivity index (χ1) is 7.61. The largest absolute Gasteiger partial charge is 2.00 e. The smallest absolute Gasteiger partial charge is 1.00 e. The van der Waals surface area contributed by atoms with Crippen molar-refractivity contribution in [3.8, 4) is 0 Å². The zero-order valence-electron chi connectivity index (χ0n) is 11.0. The van der Waals surface area contributed by atoms with E-state index in [1.807, 2.05) is 0 Å². The molecule has 0 spiro atoms. The summed E-state index contributed by atoms with van der Waals surface area (Å²) in [5, 5.41) is 0. The van der Waals surface area contributed by atoms with Gasteiger partial charge in [0.2, 0.25) is 0 Å². The molecule has 0 aliphatic carbocycles. The number of benzene rings is 2. The quantitative estimate of drug-likeness (QED) is 0.253. The molecular formula is C12H8BrClF6Mg2. The van der Waals surface area contributed by atoms with E-state index >= 15 is 0 Å². The molecule has 2 aromatic carbocycles. The molecule has 0 amide bonds. The fourth-order valence-corrected chi connectivity index (χ4v) is 0.792. The van der Waals surface area contributed by atoms with Crippen molar-refractivity contribution in [2.24, 2.45) is 0 Å². The molecule has 22 heavy (non-hydrogen) atoms. The molecular weight excluding hydrogens is 422 g/mol. The average molecular weight is 430 g/mol. The molecule has 0 saturated heterocycles. The van der Waals surface area contributed by atoms with Crippen LogP contribution in [-0.2, 0) is 0 Å². The molecule has 0 atom stereocenters. The molecule has 0 heterocycles. The van der Waals surface area contributed by atoms with Gasteiger partial charge < -0.3 is 9.41 Å². The van der Waals surface area contributed by atoms with Gasteiger partial charge in [0.1, 0.15) is 0 Å². The van der Waals surface area contributed by atoms with Crippen molar-refractivity contribution < 1.29 is 27.0 Å². The Balaban J connectivity index is -0.0000000457. The molecule has 0 aliphatic rings. The van der Waals surface area contributed by atoms with Crippen LogP contribution in [0.4, 0.5) is 17.6 Å². The summed E-state index contributed by atoms with van der Waals surface area (Å²) in [6.45, 7) is 0. The zero-order valence-corrected chi connectivity index (χ0v) is 16.3. The van der Waals surface area contributed by atoms with Gasteiger partial charge in [-0.3, -0.25) is 8.78 Å². The van der Waals surface area contributed by atoms with Gasteiger partial charge in [0.15, 0.2) is 0 Å². The molecule has 0 unspecified atom stereocenters. The van der Waals surface area contributed by atoms with Crippen molar-refractivity contribution >= 4 is 75.5 Å². The summed E-state index contributed by atoms with van der Waals surface area (Å²) >= 11 is 0. The summed E-state index contributed by atoms with van der Waals surface area (Å²) in [5.41, 5.74) is 0. The standard InChI is InChI=1S/2C6H3F2.BrH.ClH.2FH.2Mg/c2*7-5-3-1-2-4-6(5)8;;;;;;/h2*1-3H;4*1H;;/q2*-1;;;;;2*+2/p-2. The molecule has 2 rings (SSSR count). The number of hydrogen-bond donors (Lipinski definition) is 0. The molecule has 0 saturated carbocycles. The normalized spacial score (nSPS) is 6.73. The topological polar surface area (TPSA) is 0 Å². The van der Waals surface area contributed by atoms with Crippen molar-refractivity contribution in [3.63, 3.8) is 0 Å². The Morgan fingerprint density at radius 1 is 0.682 bits per heavy atom. The summed E-state index contributed by atoms with van der Waals surface area (Å²) in [6.07, 6.45) is 0. The van der Waals surface area contributed by atoms with Crippen LogP contribution in [0, 0.1) is 35.4 Å². The summed E-state index contributed by atoms with van der Waals surface area (Å²) in [5.74, 6) is -3.56. The number of rotatable bonds is 0. The first-order valence-corrected chi connectivity index (χ1v) is 4.24. The maximum atomic E-state index is 11.9. The predicted molar refractivity (Wildman–Crippen MR) is 79.5 cm³/mol. The van der Waals surface area contributed by atoms with Crippen LogP contribution in [0.3, 0.4) is 0 Å². The summed E-state index contributed by atoms with van der Waals surface area (Å²) in [7, 11) is 0. The molecule has 0 bridgehead atoms. The SMILES string of the molecule is Br.Cl.Fc1[c-]cccc1F.Fc1[c-]cccc1F.[F-].[F-].[Mg+2].[Mg+2]. The Morgan fingerprint density at radius 2 is 0.955 bits per heavy atom. The van der Waals surface area contributed by atoms with E-state index in [1.54, 1.807) is 0 Å². The van der Waals surface area contributed by atoms with Gasteiger partial charge >= 0.3 is 46.1 Å². The second-order valence-electron chi connectivity index (χ2n) is 2.66. The van der Waals surface area contributed by atoms with Gasteiger partial charge in [-0.05, 0) is 0 Å². The van der Waals surface area contributed by atoms with E-state index in [0.29, 0.717) is 0 Å². The van der Waals surface area contributed by atoms with Gasteiger partial charge in [0, 0.05) is 23.3 Å². The molecule has 0 nitrogen and oxygen atoms in total. The van der Waals surface area contributed by atoms with Crippen LogP contribution in [0.2, 0.25) is 0 Å². The Labute approximate surface area is 173 Å². The summed E-state index contributed by atoms with van der Waals surface area (Å²) in [4.78, 5) is 0. The van der Waals surface area contributed by atoms with E-state index in [-0.39, 0.29) is 84.9 Å². The Bertz CT molecular complexity index is 393. The third-order valence-corrected chi connectivity index (χ3v) is 1.52. The van der Waals surface area contributed by atoms with Crippen LogP contribution in [0.1, 0.15) is 0 Å². The number of hydrogen-bond acceptors (Lipinski definition) is 0. The van der Waals surface area contributed by atoms with E-state index < -0.39 is 23.3 Å². The predicted octanol–water partition coefficient (Wildman–Crippen LogP) is -2.22. The second-order valence-corrected chi connectivity index (χ2v) is 2.66. The Kier molecular flexibility index (Phi) is 36.9. The van der Waals surface area contributed by atoms with Crippen molar-refractivity contribution in [1.82, 2.24) is 0 Å². The molecule has 10 heteroatoms. The molecule has 0 fully saturated rings. The van der Waals surface area contributed by atoms with Crippen LogP contribution in [-0.4, -0.2) is 46.1 Å². The van der Waals surface area contributed by atoms with Crippen LogP contribution in [0.15, 0.2) is 36.4 Å². The minimum absolute atomic E-state index is 0. The third kappa shape index (κ3) is 15.2. The summed E-state index contributed by atoms with van der Waals surface area (Å²) < 4.78 is 47.6. The van der Waals surface area contributed by atoms with Crippen molar-refractivity contribution in [1.29, 1.82) is 0 Å². The van der Waals surface area contributed by atoms with Crippen molar-refractivity contribution in [2.75, 3.05) is 0 Å². The third-order valence-electron chi connectivity index (χ3n) is 1.52. The van der Waals surface area contributed by atoms with Gasteiger partial charge in [0.25, 0.3) is 0 Å². The average Bonchev–Trinajstić information content (AvgIpc) is 2.28. The minimum atomic E-state index is -0.924. The first-order valence-electron chi connectivity index (χ1n) is 4.24. The van der Waals surface area contributed by atoms with E-state index in [1.165, 1.54) is 24.3 Å². The van der Waals surface area contributed by atoms with Gasteiger partial charge in [-0.2, -0.15) is 24.3 Å². The molecule has 0 radical (unpaired) electrons. The summed E-state index contributed by atoms with van der Waals surface area (Å²) in [6, 6.07) is 11.6. The molecule has 2 aromatic rings. The van der Waals surface area contributed by atoms with Crippen molar-refractivity contribution in [2.45, 2.75) is 0 Å². The van der Waals surface area contributed by atoms with E-state index in [4.69, 9.17) is 0 Å². The Hall–Kier alpha value is 0.322. The van der Waals surface area contributed by atoms with Gasteiger partial charge in [-0.1, -0.05) is 0 Å². The monoisotopic (exact) mass is 428 g/mol. The van der Waals surface area contributed by atoms with Gasteiger partial charge in [-0.25, -0.2) is 8.78 Å². The first kappa shape index (κ1) is 38.1. The fourth-order valence-electron chi connectivity index (χ4n) is 0.792. The van der Waals surface area contributed by atoms with E-state index in [2.05, 4.69) is 12.1 Å². The van der Waals surface area contributed by atoms with Crippen LogP contribution in [0.5, 0.6) is 0 Å². The van der Waals surface area contributed by atoms with Crippen LogP contribution in [0.25, 0.3) is 0 Å². The molecule has 0 aromatic heterocycles. The second kappa shape index (κ2) is 21.3.